The van der Waals surface area contributed by atoms with Crippen LogP contribution in [0.4, 0.5) is 0 Å². The highest BCUT2D eigenvalue weighted by molar-refractivity contribution is 7.10. The van der Waals surface area contributed by atoms with Crippen molar-refractivity contribution in [3.8, 4) is 5.82 Å². The molecule has 0 aliphatic carbocycles. The Morgan fingerprint density at radius 3 is 3.11 bits per heavy atom. The number of benzene rings is 1. The summed E-state index contributed by atoms with van der Waals surface area (Å²) in [5, 5.41) is 15.3. The molecule has 0 fully saturated rings. The Kier molecular flexibility index (Phi) is 3.29. The van der Waals surface area contributed by atoms with Crippen LogP contribution in [-0.4, -0.2) is 26.5 Å². The number of aliphatic hydroxyl groups excluding tert-OH is 1. The first-order chi connectivity index (χ1) is 9.31. The number of fused-ring (bicyclic) bond motifs is 1. The topological polar surface area (TPSA) is 60.2 Å². The summed E-state index contributed by atoms with van der Waals surface area (Å²) in [6.45, 7) is 2.28. The van der Waals surface area contributed by atoms with Gasteiger partial charge in [0.2, 0.25) is 0 Å². The van der Waals surface area contributed by atoms with Crippen LogP contribution in [0.1, 0.15) is 18.1 Å². The zero-order valence-electron chi connectivity index (χ0n) is 10.4. The maximum absolute atomic E-state index is 9.97. The summed E-state index contributed by atoms with van der Waals surface area (Å²) in [5.41, 5.74) is 2.64. The predicted molar refractivity (Wildman–Crippen MR) is 73.3 cm³/mol. The van der Waals surface area contributed by atoms with Gasteiger partial charge in [-0.25, -0.2) is 9.67 Å². The quantitative estimate of drug-likeness (QED) is 0.743. The van der Waals surface area contributed by atoms with Crippen LogP contribution in [-0.2, 0) is 4.74 Å². The first kappa shape index (κ1) is 12.3. The fraction of sp³-hybridized carbons (Fsp3) is 0.231. The second-order valence-corrected chi connectivity index (χ2v) is 4.85. The summed E-state index contributed by atoms with van der Waals surface area (Å²) >= 11 is 1.36. The third-order valence-corrected chi connectivity index (χ3v) is 3.65. The highest BCUT2D eigenvalue weighted by Gasteiger charge is 2.18. The standard InChI is InChI=1S/C13H13N3O2S/c1-2-18-13(17)11-12(14-8-19-11)16-10-6-4-3-5-9(10)7-15-16/h3-8,13,17H,2H2,1H3. The summed E-state index contributed by atoms with van der Waals surface area (Å²) in [5.74, 6) is 0.618. The molecule has 5 nitrogen and oxygen atoms in total. The van der Waals surface area contributed by atoms with Crippen molar-refractivity contribution in [1.29, 1.82) is 0 Å². The van der Waals surface area contributed by atoms with Crippen molar-refractivity contribution in [2.45, 2.75) is 13.2 Å². The lowest BCUT2D eigenvalue weighted by Crippen LogP contribution is -2.06. The molecule has 0 radical (unpaired) electrons. The number of rotatable bonds is 4. The third-order valence-electron chi connectivity index (χ3n) is 2.80. The van der Waals surface area contributed by atoms with Crippen molar-refractivity contribution in [3.63, 3.8) is 0 Å². The van der Waals surface area contributed by atoms with Gasteiger partial charge in [0.15, 0.2) is 12.1 Å². The molecule has 3 aromatic rings. The molecular formula is C13H13N3O2S. The van der Waals surface area contributed by atoms with E-state index in [1.807, 2.05) is 31.2 Å². The molecule has 6 heteroatoms. The molecule has 0 saturated carbocycles. The van der Waals surface area contributed by atoms with Crippen molar-refractivity contribution in [2.24, 2.45) is 0 Å². The van der Waals surface area contributed by atoms with Crippen LogP contribution in [0.3, 0.4) is 0 Å². The number of nitrogens with zero attached hydrogens (tertiary/aromatic N) is 3. The SMILES string of the molecule is CCOC(O)c1scnc1-n1ncc2ccccc21. The zero-order chi connectivity index (χ0) is 13.2. The smallest absolute Gasteiger partial charge is 0.194 e. The van der Waals surface area contributed by atoms with Gasteiger partial charge >= 0.3 is 0 Å². The molecule has 1 N–H and O–H groups in total. The summed E-state index contributed by atoms with van der Waals surface area (Å²) in [4.78, 5) is 4.95. The Balaban J connectivity index is 2.10. The van der Waals surface area contributed by atoms with Gasteiger partial charge in [0.1, 0.15) is 4.88 Å². The first-order valence-corrected chi connectivity index (χ1v) is 6.85. The van der Waals surface area contributed by atoms with E-state index in [1.165, 1.54) is 11.3 Å². The largest absolute Gasteiger partial charge is 0.363 e. The van der Waals surface area contributed by atoms with E-state index in [1.54, 1.807) is 16.4 Å². The molecular weight excluding hydrogens is 262 g/mol. The van der Waals surface area contributed by atoms with Gasteiger partial charge in [-0.1, -0.05) is 18.2 Å². The Bertz CT molecular complexity index is 692. The molecule has 19 heavy (non-hydrogen) atoms. The van der Waals surface area contributed by atoms with Crippen LogP contribution < -0.4 is 0 Å². The van der Waals surface area contributed by atoms with Crippen LogP contribution in [0.5, 0.6) is 0 Å². The molecule has 0 aliphatic rings. The Labute approximate surface area is 114 Å². The lowest BCUT2D eigenvalue weighted by Gasteiger charge is -2.10. The molecule has 98 valence electrons. The number of ether oxygens (including phenoxy) is 1. The van der Waals surface area contributed by atoms with Gasteiger partial charge in [-0.3, -0.25) is 0 Å². The van der Waals surface area contributed by atoms with Gasteiger partial charge in [-0.2, -0.15) is 5.10 Å². The van der Waals surface area contributed by atoms with Gasteiger partial charge in [-0.05, 0) is 13.0 Å². The van der Waals surface area contributed by atoms with Gasteiger partial charge in [-0.15, -0.1) is 11.3 Å². The minimum absolute atomic E-state index is 0.443. The van der Waals surface area contributed by atoms with Crippen LogP contribution in [0, 0.1) is 0 Å². The summed E-state index contributed by atoms with van der Waals surface area (Å²) in [6.07, 6.45) is 0.821. The first-order valence-electron chi connectivity index (χ1n) is 5.97. The Hall–Kier alpha value is -1.76. The third kappa shape index (κ3) is 2.14. The Morgan fingerprint density at radius 2 is 2.26 bits per heavy atom. The fourth-order valence-corrected chi connectivity index (χ4v) is 2.65. The van der Waals surface area contributed by atoms with Crippen LogP contribution in [0.25, 0.3) is 16.7 Å². The molecule has 0 saturated heterocycles. The number of aliphatic hydroxyl groups is 1. The van der Waals surface area contributed by atoms with E-state index >= 15 is 0 Å². The normalized spacial score (nSPS) is 12.9. The van der Waals surface area contributed by atoms with E-state index in [0.717, 1.165) is 10.9 Å². The van der Waals surface area contributed by atoms with Crippen molar-refractivity contribution < 1.29 is 9.84 Å². The van der Waals surface area contributed by atoms with Crippen molar-refractivity contribution in [3.05, 3.63) is 40.8 Å². The van der Waals surface area contributed by atoms with Crippen LogP contribution in [0.15, 0.2) is 36.0 Å². The Morgan fingerprint density at radius 1 is 1.42 bits per heavy atom. The second-order valence-electron chi connectivity index (χ2n) is 3.96. The van der Waals surface area contributed by atoms with Crippen molar-refractivity contribution in [2.75, 3.05) is 6.61 Å². The van der Waals surface area contributed by atoms with Crippen LogP contribution >= 0.6 is 11.3 Å². The molecule has 2 heterocycles. The van der Waals surface area contributed by atoms with Gasteiger partial charge < -0.3 is 9.84 Å². The number of hydrogen-bond acceptors (Lipinski definition) is 5. The van der Waals surface area contributed by atoms with E-state index in [4.69, 9.17) is 4.74 Å². The van der Waals surface area contributed by atoms with E-state index in [0.29, 0.717) is 17.3 Å². The predicted octanol–water partition coefficient (Wildman–Crippen LogP) is 2.51. The number of hydrogen-bond donors (Lipinski definition) is 1. The maximum Gasteiger partial charge on any atom is 0.194 e. The van der Waals surface area contributed by atoms with Crippen LogP contribution in [0.2, 0.25) is 0 Å². The molecule has 1 aromatic carbocycles. The summed E-state index contributed by atoms with van der Waals surface area (Å²) in [6, 6.07) is 7.87. The van der Waals surface area contributed by atoms with Crippen molar-refractivity contribution in [1.82, 2.24) is 14.8 Å². The number of aromatic nitrogens is 3. The molecule has 2 aromatic heterocycles. The van der Waals surface area contributed by atoms with E-state index in [2.05, 4.69) is 10.1 Å². The molecule has 0 amide bonds. The van der Waals surface area contributed by atoms with Gasteiger partial charge in [0.25, 0.3) is 0 Å². The summed E-state index contributed by atoms with van der Waals surface area (Å²) < 4.78 is 6.95. The van der Waals surface area contributed by atoms with Crippen molar-refractivity contribution >= 4 is 22.2 Å². The lowest BCUT2D eigenvalue weighted by molar-refractivity contribution is -0.0956. The zero-order valence-corrected chi connectivity index (χ0v) is 11.2. The van der Waals surface area contributed by atoms with E-state index in [9.17, 15) is 5.11 Å². The molecule has 1 unspecified atom stereocenters. The monoisotopic (exact) mass is 275 g/mol. The minimum Gasteiger partial charge on any atom is -0.363 e. The average Bonchev–Trinajstić information content (AvgIpc) is 3.05. The number of thiazole rings is 1. The van der Waals surface area contributed by atoms with E-state index in [-0.39, 0.29) is 0 Å². The fourth-order valence-electron chi connectivity index (χ4n) is 1.95. The second kappa shape index (κ2) is 5.08. The number of para-hydroxylation sites is 1. The molecule has 3 rings (SSSR count). The summed E-state index contributed by atoms with van der Waals surface area (Å²) in [7, 11) is 0. The molecule has 0 aliphatic heterocycles. The van der Waals surface area contributed by atoms with Gasteiger partial charge in [0, 0.05) is 12.0 Å². The maximum atomic E-state index is 9.97. The highest BCUT2D eigenvalue weighted by Crippen LogP contribution is 2.28. The molecule has 1 atom stereocenters. The molecule has 0 spiro atoms. The van der Waals surface area contributed by atoms with E-state index < -0.39 is 6.29 Å². The minimum atomic E-state index is -0.963. The van der Waals surface area contributed by atoms with Gasteiger partial charge in [0.05, 0.1) is 17.2 Å². The molecule has 0 bridgehead atoms. The average molecular weight is 275 g/mol. The highest BCUT2D eigenvalue weighted by atomic mass is 32.1. The lowest BCUT2D eigenvalue weighted by atomic mass is 10.2.